The van der Waals surface area contributed by atoms with Gasteiger partial charge in [0.25, 0.3) is 0 Å². The molecule has 0 radical (unpaired) electrons. The predicted molar refractivity (Wildman–Crippen MR) is 287 cm³/mol. The first kappa shape index (κ1) is 57.5. The van der Waals surface area contributed by atoms with Crippen molar-refractivity contribution in [3.8, 4) is 27.7 Å². The molecule has 1 unspecified atom stereocenters. The third-order valence-corrected chi connectivity index (χ3v) is 13.3. The van der Waals surface area contributed by atoms with Crippen LogP contribution in [-0.4, -0.2) is 61.1 Å². The van der Waals surface area contributed by atoms with Gasteiger partial charge in [0, 0.05) is 63.0 Å². The molecule has 1 saturated carbocycles. The molecule has 2 aromatic carbocycles. The summed E-state index contributed by atoms with van der Waals surface area (Å²) in [4.78, 5) is 14.0. The second kappa shape index (κ2) is 27.2. The molecule has 1 N–H and O–H groups in total. The van der Waals surface area contributed by atoms with Crippen molar-refractivity contribution >= 4 is 45.5 Å². The molecule has 8 nitrogen and oxygen atoms in total. The molecular weight excluding hydrogens is 863 g/mol. The lowest BCUT2D eigenvalue weighted by Gasteiger charge is -2.19. The van der Waals surface area contributed by atoms with Crippen LogP contribution < -0.4 is 9.47 Å². The van der Waals surface area contributed by atoms with E-state index in [1.165, 1.54) is 36.9 Å². The highest BCUT2D eigenvalue weighted by molar-refractivity contribution is 8.76. The Morgan fingerprint density at radius 1 is 0.769 bits per heavy atom. The molecule has 1 fully saturated rings. The quantitative estimate of drug-likeness (QED) is 0.0913. The van der Waals surface area contributed by atoms with E-state index in [1.807, 2.05) is 75.8 Å². The maximum Gasteiger partial charge on any atom is 0.167 e. The van der Waals surface area contributed by atoms with Crippen molar-refractivity contribution in [2.24, 2.45) is 47.8 Å². The monoisotopic (exact) mass is 946 g/mol. The van der Waals surface area contributed by atoms with Crippen LogP contribution in [0.15, 0.2) is 98.5 Å². The van der Waals surface area contributed by atoms with Crippen molar-refractivity contribution in [1.29, 1.82) is 0 Å². The molecule has 3 heterocycles. The molecule has 2 aliphatic rings. The van der Waals surface area contributed by atoms with Gasteiger partial charge in [-0.1, -0.05) is 150 Å². The Bertz CT molecular complexity index is 1980. The minimum absolute atomic E-state index is 0.0394. The number of hydrogen-bond acceptors (Lipinski definition) is 11. The van der Waals surface area contributed by atoms with Gasteiger partial charge in [0.2, 0.25) is 0 Å². The number of methoxy groups -OCH3 is 2. The van der Waals surface area contributed by atoms with Crippen LogP contribution in [0.25, 0.3) is 10.4 Å². The van der Waals surface area contributed by atoms with E-state index in [0.717, 1.165) is 52.1 Å². The molecule has 1 aliphatic carbocycles. The van der Waals surface area contributed by atoms with E-state index in [9.17, 15) is 5.11 Å². The van der Waals surface area contributed by atoms with Crippen LogP contribution in [0.4, 0.5) is 0 Å². The minimum atomic E-state index is 0.0394. The maximum absolute atomic E-state index is 10.1. The van der Waals surface area contributed by atoms with E-state index in [4.69, 9.17) is 9.47 Å². The van der Waals surface area contributed by atoms with Crippen LogP contribution >= 0.6 is 32.9 Å². The average Bonchev–Trinajstić information content (AvgIpc) is 3.66. The highest BCUT2D eigenvalue weighted by atomic mass is 33.1. The number of aromatic nitrogens is 1. The molecule has 360 valence electrons. The van der Waals surface area contributed by atoms with Gasteiger partial charge < -0.3 is 14.6 Å². The Balaban J connectivity index is 0.000000309. The number of azo groups is 1. The molecule has 6 rings (SSSR count). The summed E-state index contributed by atoms with van der Waals surface area (Å²) in [5.74, 6) is 4.76. The lowest BCUT2D eigenvalue weighted by atomic mass is 9.88. The van der Waals surface area contributed by atoms with Crippen LogP contribution in [0.2, 0.25) is 0 Å². The molecule has 0 amide bonds. The zero-order valence-electron chi connectivity index (χ0n) is 43.0. The maximum atomic E-state index is 10.1. The van der Waals surface area contributed by atoms with Gasteiger partial charge in [0.15, 0.2) is 17.7 Å². The minimum Gasteiger partial charge on any atom is -0.504 e. The van der Waals surface area contributed by atoms with E-state index in [2.05, 4.69) is 153 Å². The average molecular weight is 946 g/mol. The van der Waals surface area contributed by atoms with Gasteiger partial charge in [-0.3, -0.25) is 9.98 Å². The summed E-state index contributed by atoms with van der Waals surface area (Å²) in [6.07, 6.45) is 10.5. The lowest BCUT2D eigenvalue weighted by molar-refractivity contribution is 0.330. The first-order valence-corrected chi connectivity index (χ1v) is 26.3. The van der Waals surface area contributed by atoms with E-state index in [0.29, 0.717) is 22.0 Å². The Labute approximate surface area is 406 Å². The van der Waals surface area contributed by atoms with Crippen LogP contribution in [-0.2, 0) is 11.8 Å². The van der Waals surface area contributed by atoms with Crippen molar-refractivity contribution in [2.75, 3.05) is 32.3 Å². The number of aromatic hydroxyl groups is 1. The Morgan fingerprint density at radius 3 is 1.85 bits per heavy atom. The molecule has 2 aromatic heterocycles. The molecule has 0 bridgehead atoms. The zero-order valence-corrected chi connectivity index (χ0v) is 45.4. The number of phenolic OH excluding ortho intramolecular Hbond substituents is 1. The first-order chi connectivity index (χ1) is 30.2. The molecule has 65 heavy (non-hydrogen) atoms. The zero-order chi connectivity index (χ0) is 48.9. The summed E-state index contributed by atoms with van der Waals surface area (Å²) in [7, 11) is 7.06. The summed E-state index contributed by atoms with van der Waals surface area (Å²) in [5, 5.41) is 19.7. The van der Waals surface area contributed by atoms with Crippen LogP contribution in [0.3, 0.4) is 0 Å². The molecule has 1 aliphatic heterocycles. The fraction of sp³-hybridized carbons (Fsp3) is 0.574. The molecule has 4 aromatic rings. The number of rotatable bonds is 11. The fourth-order valence-electron chi connectivity index (χ4n) is 5.94. The molecule has 0 spiro atoms. The number of aliphatic imine (C=N–C) groups is 2. The van der Waals surface area contributed by atoms with Gasteiger partial charge in [-0.15, -0.1) is 16.5 Å². The highest BCUT2D eigenvalue weighted by Crippen LogP contribution is 2.44. The van der Waals surface area contributed by atoms with Crippen molar-refractivity contribution in [1.82, 2.24) is 4.98 Å². The lowest BCUT2D eigenvalue weighted by Crippen LogP contribution is -2.20. The van der Waals surface area contributed by atoms with Crippen LogP contribution in [0.1, 0.15) is 140 Å². The van der Waals surface area contributed by atoms with Gasteiger partial charge >= 0.3 is 0 Å². The Morgan fingerprint density at radius 2 is 1.43 bits per heavy atom. The smallest absolute Gasteiger partial charge is 0.167 e. The number of pyridine rings is 1. The van der Waals surface area contributed by atoms with Crippen LogP contribution in [0.5, 0.6) is 17.2 Å². The second-order valence-corrected chi connectivity index (χ2v) is 25.7. The number of thiophene rings is 1. The first-order valence-electron chi connectivity index (χ1n) is 22.9. The fourth-order valence-corrected chi connectivity index (χ4v) is 9.00. The van der Waals surface area contributed by atoms with Gasteiger partial charge in [-0.05, 0) is 101 Å². The summed E-state index contributed by atoms with van der Waals surface area (Å²) in [5.41, 5.74) is 6.14. The summed E-state index contributed by atoms with van der Waals surface area (Å²) in [6.45, 7) is 34.1. The number of nitrogens with zero attached hydrogens (tertiary/aromatic N) is 5. The van der Waals surface area contributed by atoms with E-state index in [-0.39, 0.29) is 22.7 Å². The second-order valence-electron chi connectivity index (χ2n) is 22.0. The number of phenols is 1. The van der Waals surface area contributed by atoms with Crippen molar-refractivity contribution in [2.45, 2.75) is 141 Å². The topological polar surface area (TPSA) is 101 Å². The molecule has 0 saturated heterocycles. The van der Waals surface area contributed by atoms with Gasteiger partial charge in [0.05, 0.1) is 14.2 Å². The number of hydrogen-bond donors (Lipinski definition) is 1. The van der Waals surface area contributed by atoms with E-state index >= 15 is 0 Å². The standard InChI is InChI=1S/C20H27NO2S3.C12H18O.C9H13N.C7H14.C6H11N3/c1-20(2,3)7-10-25-26-11-8-21-14-15-12-17(22)18(23-4)13-16(15)19-6-5-9-24-19;1-12(2,3)9-10-5-7-11(13-4)8-6-10;1-9(2,3)8-6-4-5-7-10-8;1-7(2,3)6-4-5-6;1-6(2,3)5-7-4-8-9-5/h5-6,9,12-14,22H,7-8,10-11H2,1-4H3;5-8H,9H2,1-4H3;4-7H,1-3H3;6H,4-5H2,1-3H3;4-5H,1-3H3. The van der Waals surface area contributed by atoms with E-state index < -0.39 is 0 Å². The SMILES string of the molecule is CC(C)(C)C1CC1.CC(C)(C)C1N=CN=N1.CC(C)(C)c1ccccn1.COc1cc(-c2cccs2)c(C=NCCSSCCC(C)(C)C)cc1O.COc1ccc(CC(C)(C)C)cc1. The summed E-state index contributed by atoms with van der Waals surface area (Å²) >= 11 is 1.66. The van der Waals surface area contributed by atoms with Crippen molar-refractivity contribution in [3.05, 3.63) is 95.1 Å². The van der Waals surface area contributed by atoms with Crippen LogP contribution in [0, 0.1) is 27.6 Å². The van der Waals surface area contributed by atoms with Gasteiger partial charge in [-0.25, -0.2) is 4.99 Å². The molecule has 1 atom stereocenters. The number of benzene rings is 2. The normalized spacial score (nSPS) is 14.8. The highest BCUT2D eigenvalue weighted by Gasteiger charge is 2.33. The predicted octanol–water partition coefficient (Wildman–Crippen LogP) is 16.3. The molecule has 11 heteroatoms. The summed E-state index contributed by atoms with van der Waals surface area (Å²) in [6, 6.07) is 22.0. The molecular formula is C54H83N5O3S3. The Kier molecular flexibility index (Phi) is 24.1. The Hall–Kier alpha value is -3.67. The number of ether oxygens (including phenoxy) is 2. The van der Waals surface area contributed by atoms with Gasteiger partial charge in [0.1, 0.15) is 12.1 Å². The van der Waals surface area contributed by atoms with Crippen molar-refractivity contribution < 1.29 is 14.6 Å². The van der Waals surface area contributed by atoms with Gasteiger partial charge in [-0.2, -0.15) is 5.11 Å². The third-order valence-electron chi connectivity index (χ3n) is 10.0. The van der Waals surface area contributed by atoms with E-state index in [1.54, 1.807) is 31.6 Å². The largest absolute Gasteiger partial charge is 0.504 e. The third kappa shape index (κ3) is 25.2. The van der Waals surface area contributed by atoms with Crippen molar-refractivity contribution in [3.63, 3.8) is 0 Å². The summed E-state index contributed by atoms with van der Waals surface area (Å²) < 4.78 is 10.3.